The van der Waals surface area contributed by atoms with E-state index in [1.54, 1.807) is 36.5 Å². The third-order valence-electron chi connectivity index (χ3n) is 3.46. The van der Waals surface area contributed by atoms with Crippen molar-refractivity contribution in [3.05, 3.63) is 48.6 Å². The highest BCUT2D eigenvalue weighted by atomic mass is 16.4. The summed E-state index contributed by atoms with van der Waals surface area (Å²) in [6, 6.07) is 0. The van der Waals surface area contributed by atoms with Crippen LogP contribution in [0.3, 0.4) is 0 Å². The average Bonchev–Trinajstić information content (AvgIpc) is 2.56. The molecule has 0 saturated carbocycles. The van der Waals surface area contributed by atoms with Crippen molar-refractivity contribution in [3.8, 4) is 0 Å². The molecule has 0 bridgehead atoms. The topological polar surface area (TPSA) is 98.0 Å². The van der Waals surface area contributed by atoms with Crippen molar-refractivity contribution in [2.75, 3.05) is 6.61 Å². The predicted molar refractivity (Wildman–Crippen MR) is 100 cm³/mol. The molecule has 0 radical (unpaired) electrons. The lowest BCUT2D eigenvalue weighted by Crippen LogP contribution is -2.03. The summed E-state index contributed by atoms with van der Waals surface area (Å²) in [5, 5.41) is 36.5. The van der Waals surface area contributed by atoms with Gasteiger partial charge in [-0.05, 0) is 38.5 Å². The highest BCUT2D eigenvalue weighted by Gasteiger charge is 2.01. The van der Waals surface area contributed by atoms with Crippen molar-refractivity contribution < 1.29 is 25.2 Å². The normalized spacial score (nSPS) is 15.0. The number of carbonyl (C=O) groups is 1. The Morgan fingerprint density at radius 2 is 1.52 bits per heavy atom. The minimum absolute atomic E-state index is 0.0679. The fourth-order valence-corrected chi connectivity index (χ4v) is 2.05. The van der Waals surface area contributed by atoms with Crippen LogP contribution in [0.2, 0.25) is 0 Å². The molecule has 0 aliphatic carbocycles. The first kappa shape index (κ1) is 23.3. The number of rotatable bonds is 15. The summed E-state index contributed by atoms with van der Waals surface area (Å²) in [5.41, 5.74) is 0. The zero-order chi connectivity index (χ0) is 18.8. The number of carboxylic acid groups (broad SMARTS) is 1. The van der Waals surface area contributed by atoms with Gasteiger partial charge in [-0.1, -0.05) is 55.0 Å². The molecule has 25 heavy (non-hydrogen) atoms. The maximum Gasteiger partial charge on any atom is 0.303 e. The number of aliphatic hydroxyl groups is 3. The van der Waals surface area contributed by atoms with Crippen LogP contribution in [0, 0.1) is 0 Å². The van der Waals surface area contributed by atoms with E-state index in [-0.39, 0.29) is 13.0 Å². The van der Waals surface area contributed by atoms with Crippen LogP contribution in [-0.4, -0.2) is 45.2 Å². The first-order valence-electron chi connectivity index (χ1n) is 8.91. The minimum atomic E-state index is -0.851. The first-order chi connectivity index (χ1) is 12.1. The van der Waals surface area contributed by atoms with Gasteiger partial charge in [-0.15, -0.1) is 0 Å². The predicted octanol–water partition coefficient (Wildman–Crippen LogP) is 3.13. The molecule has 0 heterocycles. The largest absolute Gasteiger partial charge is 0.481 e. The quantitative estimate of drug-likeness (QED) is 0.206. The third kappa shape index (κ3) is 18.5. The van der Waals surface area contributed by atoms with Gasteiger partial charge < -0.3 is 20.4 Å². The highest BCUT2D eigenvalue weighted by Crippen LogP contribution is 2.03. The van der Waals surface area contributed by atoms with Gasteiger partial charge in [0.25, 0.3) is 0 Å². The molecule has 0 aromatic rings. The Hall–Kier alpha value is -1.69. The smallest absolute Gasteiger partial charge is 0.303 e. The van der Waals surface area contributed by atoms with Crippen LogP contribution in [0.5, 0.6) is 0 Å². The van der Waals surface area contributed by atoms with Gasteiger partial charge in [0, 0.05) is 13.0 Å². The number of allylic oxidation sites excluding steroid dienone is 5. The fourth-order valence-electron chi connectivity index (χ4n) is 2.05. The Bertz CT molecular complexity index is 437. The number of hydrogen-bond acceptors (Lipinski definition) is 4. The maximum absolute atomic E-state index is 10.4. The summed E-state index contributed by atoms with van der Waals surface area (Å²) in [5.74, 6) is -0.851. The lowest BCUT2D eigenvalue weighted by Gasteiger charge is -2.02. The number of carboxylic acids is 1. The van der Waals surface area contributed by atoms with Gasteiger partial charge in [0.15, 0.2) is 0 Å². The van der Waals surface area contributed by atoms with Crippen molar-refractivity contribution in [2.45, 2.75) is 63.6 Å². The SMILES string of the molecule is O=C(O)CCC[C@@H](O)\C=C/C=C/C=C/[C@H](O)C/C=C\CCCCCO. The average molecular weight is 352 g/mol. The first-order valence-corrected chi connectivity index (χ1v) is 8.91. The zero-order valence-electron chi connectivity index (χ0n) is 14.8. The van der Waals surface area contributed by atoms with E-state index in [0.717, 1.165) is 25.7 Å². The van der Waals surface area contributed by atoms with Crippen LogP contribution >= 0.6 is 0 Å². The van der Waals surface area contributed by atoms with Gasteiger partial charge in [-0.3, -0.25) is 4.79 Å². The van der Waals surface area contributed by atoms with E-state index in [0.29, 0.717) is 19.3 Å². The molecule has 0 saturated heterocycles. The number of hydrogen-bond donors (Lipinski definition) is 4. The molecule has 4 N–H and O–H groups in total. The van der Waals surface area contributed by atoms with E-state index in [4.69, 9.17) is 10.2 Å². The molecule has 0 fully saturated rings. The van der Waals surface area contributed by atoms with Gasteiger partial charge in [-0.2, -0.15) is 0 Å². The molecule has 2 atom stereocenters. The van der Waals surface area contributed by atoms with Crippen LogP contribution in [0.25, 0.3) is 0 Å². The van der Waals surface area contributed by atoms with E-state index in [9.17, 15) is 15.0 Å². The molecular weight excluding hydrogens is 320 g/mol. The Labute approximate surface area is 150 Å². The van der Waals surface area contributed by atoms with Gasteiger partial charge in [0.05, 0.1) is 12.2 Å². The Morgan fingerprint density at radius 3 is 2.16 bits per heavy atom. The summed E-state index contributed by atoms with van der Waals surface area (Å²) < 4.78 is 0. The zero-order valence-corrected chi connectivity index (χ0v) is 14.8. The Kier molecular flexibility index (Phi) is 16.0. The minimum Gasteiger partial charge on any atom is -0.481 e. The van der Waals surface area contributed by atoms with Crippen molar-refractivity contribution in [2.24, 2.45) is 0 Å². The second-order valence-electron chi connectivity index (χ2n) is 5.86. The second kappa shape index (κ2) is 17.1. The van der Waals surface area contributed by atoms with E-state index in [2.05, 4.69) is 6.08 Å². The molecule has 142 valence electrons. The molecule has 5 heteroatoms. The molecular formula is C20H32O5. The van der Waals surface area contributed by atoms with Crippen LogP contribution < -0.4 is 0 Å². The van der Waals surface area contributed by atoms with E-state index >= 15 is 0 Å². The Morgan fingerprint density at radius 1 is 0.840 bits per heavy atom. The molecule has 0 aliphatic rings. The molecule has 0 amide bonds. The fraction of sp³-hybridized carbons (Fsp3) is 0.550. The van der Waals surface area contributed by atoms with E-state index in [1.165, 1.54) is 0 Å². The third-order valence-corrected chi connectivity index (χ3v) is 3.46. The van der Waals surface area contributed by atoms with Gasteiger partial charge >= 0.3 is 5.97 Å². The van der Waals surface area contributed by atoms with E-state index in [1.807, 2.05) is 6.08 Å². The molecule has 0 aromatic heterocycles. The van der Waals surface area contributed by atoms with Crippen LogP contribution in [-0.2, 0) is 4.79 Å². The van der Waals surface area contributed by atoms with Crippen LogP contribution in [0.15, 0.2) is 48.6 Å². The number of aliphatic hydroxyl groups excluding tert-OH is 3. The van der Waals surface area contributed by atoms with Crippen molar-refractivity contribution in [3.63, 3.8) is 0 Å². The molecule has 0 unspecified atom stereocenters. The van der Waals surface area contributed by atoms with Gasteiger partial charge in [0.1, 0.15) is 0 Å². The summed E-state index contributed by atoms with van der Waals surface area (Å²) in [6.45, 7) is 0.250. The summed E-state index contributed by atoms with van der Waals surface area (Å²) >= 11 is 0. The maximum atomic E-state index is 10.4. The highest BCUT2D eigenvalue weighted by molar-refractivity contribution is 5.66. The molecule has 5 nitrogen and oxygen atoms in total. The van der Waals surface area contributed by atoms with Crippen LogP contribution in [0.4, 0.5) is 0 Å². The summed E-state index contributed by atoms with van der Waals surface area (Å²) in [6.07, 6.45) is 18.5. The monoisotopic (exact) mass is 352 g/mol. The van der Waals surface area contributed by atoms with Crippen molar-refractivity contribution in [1.82, 2.24) is 0 Å². The molecule has 0 aliphatic heterocycles. The number of unbranched alkanes of at least 4 members (excludes halogenated alkanes) is 3. The lowest BCUT2D eigenvalue weighted by atomic mass is 10.1. The standard InChI is InChI=1S/C20H32O5/c21-17-10-6-2-1-3-7-12-18(22)13-8-4-5-9-14-19(23)15-11-16-20(24)25/h3-5,7-9,13-14,18-19,21-23H,1-2,6,10-12,15-17H2,(H,24,25)/b5-4+,7-3-,13-8+,14-9-/t18-,19+/m1/s1. The summed E-state index contributed by atoms with van der Waals surface area (Å²) in [7, 11) is 0. The summed E-state index contributed by atoms with van der Waals surface area (Å²) in [4.78, 5) is 10.4. The number of aliphatic carboxylic acids is 1. The van der Waals surface area contributed by atoms with Crippen molar-refractivity contribution >= 4 is 5.97 Å². The van der Waals surface area contributed by atoms with Gasteiger partial charge in [-0.25, -0.2) is 0 Å². The Balaban J connectivity index is 3.79. The molecule has 0 rings (SSSR count). The van der Waals surface area contributed by atoms with Gasteiger partial charge in [0.2, 0.25) is 0 Å². The van der Waals surface area contributed by atoms with E-state index < -0.39 is 18.2 Å². The molecule has 0 aromatic carbocycles. The van der Waals surface area contributed by atoms with Crippen LogP contribution in [0.1, 0.15) is 51.4 Å². The second-order valence-corrected chi connectivity index (χ2v) is 5.86. The van der Waals surface area contributed by atoms with Crippen molar-refractivity contribution in [1.29, 1.82) is 0 Å². The lowest BCUT2D eigenvalue weighted by molar-refractivity contribution is -0.137. The molecule has 0 spiro atoms.